The van der Waals surface area contributed by atoms with Crippen LogP contribution in [0.3, 0.4) is 0 Å². The summed E-state index contributed by atoms with van der Waals surface area (Å²) >= 11 is 0. The minimum absolute atomic E-state index is 0.104. The van der Waals surface area contributed by atoms with Gasteiger partial charge in [-0.3, -0.25) is 4.79 Å². The Balaban J connectivity index is 1.39. The van der Waals surface area contributed by atoms with Gasteiger partial charge >= 0.3 is 0 Å². The van der Waals surface area contributed by atoms with Crippen LogP contribution in [0.15, 0.2) is 72.9 Å². The highest BCUT2D eigenvalue weighted by molar-refractivity contribution is 5.94. The highest BCUT2D eigenvalue weighted by Crippen LogP contribution is 2.24. The third-order valence-corrected chi connectivity index (χ3v) is 5.71. The smallest absolute Gasteiger partial charge is 0.247 e. The maximum absolute atomic E-state index is 13.1. The number of anilines is 2. The zero-order chi connectivity index (χ0) is 21.6. The van der Waals surface area contributed by atoms with E-state index < -0.39 is 6.04 Å². The topological polar surface area (TPSA) is 57.3 Å². The average Bonchev–Trinajstić information content (AvgIpc) is 2.77. The molecule has 1 amide bonds. The molecule has 0 spiro atoms. The molecular weight excluding hydrogens is 384 g/mol. The Morgan fingerprint density at radius 3 is 2.45 bits per heavy atom. The number of carbonyl (C=O) groups excluding carboxylic acids is 1. The molecule has 4 rings (SSSR count). The van der Waals surface area contributed by atoms with Crippen LogP contribution in [0.2, 0.25) is 0 Å². The predicted octanol–water partition coefficient (Wildman–Crippen LogP) is 4.36. The van der Waals surface area contributed by atoms with Crippen molar-refractivity contribution < 1.29 is 4.79 Å². The number of aromatic nitrogens is 1. The van der Waals surface area contributed by atoms with Crippen molar-refractivity contribution in [2.24, 2.45) is 5.92 Å². The number of aryl methyl sites for hydroxylation is 1. The number of rotatable bonds is 8. The molecule has 1 fully saturated rings. The Kier molecular flexibility index (Phi) is 6.63. The molecule has 0 unspecified atom stereocenters. The van der Waals surface area contributed by atoms with E-state index in [1.54, 1.807) is 0 Å². The molecule has 1 aliphatic heterocycles. The first-order valence-electron chi connectivity index (χ1n) is 10.9. The second-order valence-corrected chi connectivity index (χ2v) is 8.43. The van der Waals surface area contributed by atoms with Crippen molar-refractivity contribution >= 4 is 17.4 Å². The van der Waals surface area contributed by atoms with Crippen molar-refractivity contribution in [2.45, 2.75) is 26.3 Å². The lowest BCUT2D eigenvalue weighted by Crippen LogP contribution is -2.45. The van der Waals surface area contributed by atoms with Gasteiger partial charge in [0.15, 0.2) is 0 Å². The summed E-state index contributed by atoms with van der Waals surface area (Å²) in [5.74, 6) is 1.20. The largest absolute Gasteiger partial charge is 0.370 e. The van der Waals surface area contributed by atoms with E-state index in [2.05, 4.69) is 58.6 Å². The summed E-state index contributed by atoms with van der Waals surface area (Å²) in [6.45, 7) is 7.16. The zero-order valence-corrected chi connectivity index (χ0v) is 18.2. The van der Waals surface area contributed by atoms with Gasteiger partial charge in [-0.25, -0.2) is 4.98 Å². The van der Waals surface area contributed by atoms with Gasteiger partial charge in [0.2, 0.25) is 5.91 Å². The van der Waals surface area contributed by atoms with Gasteiger partial charge in [0.25, 0.3) is 0 Å². The fourth-order valence-electron chi connectivity index (χ4n) is 3.88. The van der Waals surface area contributed by atoms with Gasteiger partial charge in [-0.1, -0.05) is 67.1 Å². The Morgan fingerprint density at radius 1 is 1.06 bits per heavy atom. The van der Waals surface area contributed by atoms with Gasteiger partial charge in [0, 0.05) is 19.6 Å². The van der Waals surface area contributed by atoms with Crippen LogP contribution in [0, 0.1) is 12.8 Å². The van der Waals surface area contributed by atoms with Crippen molar-refractivity contribution in [3.05, 3.63) is 89.6 Å². The number of hydrogen-bond acceptors (Lipinski definition) is 4. The summed E-state index contributed by atoms with van der Waals surface area (Å²) in [4.78, 5) is 19.9. The van der Waals surface area contributed by atoms with Crippen molar-refractivity contribution in [3.63, 3.8) is 0 Å². The van der Waals surface area contributed by atoms with E-state index >= 15 is 0 Å². The standard InChI is InChI=1S/C26H30N4O/c1-19-8-10-21(11-9-19)14-15-27-25(22-6-4-3-5-7-22)26(31)29-24-13-12-23(16-28-24)30-17-20(2)18-30/h3-13,16,20,25,27H,14-15,17-18H2,1-2H3,(H,28,29,31)/t25-/m0/s1. The van der Waals surface area contributed by atoms with E-state index in [9.17, 15) is 4.79 Å². The van der Waals surface area contributed by atoms with Crippen molar-refractivity contribution in [2.75, 3.05) is 29.9 Å². The molecule has 2 aromatic carbocycles. The fourth-order valence-corrected chi connectivity index (χ4v) is 3.88. The molecular formula is C26H30N4O. The van der Waals surface area contributed by atoms with E-state index in [4.69, 9.17) is 0 Å². The van der Waals surface area contributed by atoms with E-state index in [-0.39, 0.29) is 5.91 Å². The summed E-state index contributed by atoms with van der Waals surface area (Å²) in [5, 5.41) is 6.40. The van der Waals surface area contributed by atoms with Gasteiger partial charge in [-0.15, -0.1) is 0 Å². The summed E-state index contributed by atoms with van der Waals surface area (Å²) in [6.07, 6.45) is 2.70. The monoisotopic (exact) mass is 414 g/mol. The van der Waals surface area contributed by atoms with Crippen LogP contribution < -0.4 is 15.5 Å². The van der Waals surface area contributed by atoms with Crippen molar-refractivity contribution in [1.82, 2.24) is 10.3 Å². The molecule has 1 saturated heterocycles. The first-order chi connectivity index (χ1) is 15.1. The Labute approximate surface area is 184 Å². The predicted molar refractivity (Wildman–Crippen MR) is 126 cm³/mol. The number of benzene rings is 2. The molecule has 1 aliphatic rings. The van der Waals surface area contributed by atoms with Gasteiger partial charge in [0.05, 0.1) is 11.9 Å². The van der Waals surface area contributed by atoms with E-state index in [1.165, 1.54) is 11.1 Å². The van der Waals surface area contributed by atoms with Crippen LogP contribution in [0.4, 0.5) is 11.5 Å². The van der Waals surface area contributed by atoms with Crippen LogP contribution in [0.5, 0.6) is 0 Å². The summed E-state index contributed by atoms with van der Waals surface area (Å²) < 4.78 is 0. The molecule has 0 saturated carbocycles. The molecule has 3 aromatic rings. The molecule has 0 radical (unpaired) electrons. The Hall–Kier alpha value is -3.18. The maximum atomic E-state index is 13.1. The lowest BCUT2D eigenvalue weighted by atomic mass is 10.0. The van der Waals surface area contributed by atoms with Gasteiger partial charge in [-0.05, 0) is 42.5 Å². The molecule has 5 nitrogen and oxygen atoms in total. The number of amides is 1. The van der Waals surface area contributed by atoms with Crippen LogP contribution in [-0.2, 0) is 11.2 Å². The van der Waals surface area contributed by atoms with E-state index in [1.807, 2.05) is 48.7 Å². The highest BCUT2D eigenvalue weighted by atomic mass is 16.2. The normalized spacial score (nSPS) is 14.7. The lowest BCUT2D eigenvalue weighted by Gasteiger charge is -2.38. The molecule has 5 heteroatoms. The second kappa shape index (κ2) is 9.75. The van der Waals surface area contributed by atoms with Crippen molar-refractivity contribution in [1.29, 1.82) is 0 Å². The molecule has 1 atom stereocenters. The number of carbonyl (C=O) groups is 1. The SMILES string of the molecule is Cc1ccc(CCN[C@H](C(=O)Nc2ccc(N3CC(C)C3)cn2)c2ccccc2)cc1. The Bertz CT molecular complexity index is 980. The van der Waals surface area contributed by atoms with E-state index in [0.29, 0.717) is 12.4 Å². The molecule has 0 bridgehead atoms. The number of nitrogens with one attached hydrogen (secondary N) is 2. The molecule has 0 aliphatic carbocycles. The van der Waals surface area contributed by atoms with Gasteiger partial charge in [-0.2, -0.15) is 0 Å². The highest BCUT2D eigenvalue weighted by Gasteiger charge is 2.23. The fraction of sp³-hybridized carbons (Fsp3) is 0.308. The molecule has 31 heavy (non-hydrogen) atoms. The summed E-state index contributed by atoms with van der Waals surface area (Å²) in [5.41, 5.74) is 4.55. The van der Waals surface area contributed by atoms with Gasteiger partial charge < -0.3 is 15.5 Å². The van der Waals surface area contributed by atoms with E-state index in [0.717, 1.165) is 36.7 Å². The third kappa shape index (κ3) is 5.50. The number of pyridine rings is 1. The van der Waals surface area contributed by atoms with Crippen molar-refractivity contribution in [3.8, 4) is 0 Å². The minimum atomic E-state index is -0.440. The Morgan fingerprint density at radius 2 is 1.81 bits per heavy atom. The summed E-state index contributed by atoms with van der Waals surface area (Å²) in [7, 11) is 0. The zero-order valence-electron chi connectivity index (χ0n) is 18.2. The quantitative estimate of drug-likeness (QED) is 0.575. The number of hydrogen-bond donors (Lipinski definition) is 2. The summed E-state index contributed by atoms with van der Waals surface area (Å²) in [6, 6.07) is 21.8. The third-order valence-electron chi connectivity index (χ3n) is 5.71. The average molecular weight is 415 g/mol. The van der Waals surface area contributed by atoms with Crippen LogP contribution in [0.25, 0.3) is 0 Å². The first-order valence-corrected chi connectivity index (χ1v) is 10.9. The molecule has 1 aromatic heterocycles. The van der Waals surface area contributed by atoms with Crippen LogP contribution >= 0.6 is 0 Å². The maximum Gasteiger partial charge on any atom is 0.247 e. The molecule has 2 N–H and O–H groups in total. The van der Waals surface area contributed by atoms with Crippen LogP contribution in [-0.4, -0.2) is 30.5 Å². The lowest BCUT2D eigenvalue weighted by molar-refractivity contribution is -0.118. The molecule has 2 heterocycles. The number of nitrogens with zero attached hydrogens (tertiary/aromatic N) is 2. The second-order valence-electron chi connectivity index (χ2n) is 8.43. The minimum Gasteiger partial charge on any atom is -0.370 e. The first kappa shape index (κ1) is 21.1. The van der Waals surface area contributed by atoms with Gasteiger partial charge in [0.1, 0.15) is 11.9 Å². The molecule has 160 valence electrons. The van der Waals surface area contributed by atoms with Crippen LogP contribution in [0.1, 0.15) is 29.7 Å².